The molecule has 1 aromatic rings. The quantitative estimate of drug-likeness (QED) is 0.695. The van der Waals surface area contributed by atoms with Crippen molar-refractivity contribution < 1.29 is 14.3 Å². The topological polar surface area (TPSA) is 43.4 Å². The number of rotatable bonds is 1. The summed E-state index contributed by atoms with van der Waals surface area (Å²) < 4.78 is 6.00. The number of carbonyl (C=O) groups is 2. The maximum absolute atomic E-state index is 12.7. The third kappa shape index (κ3) is 2.42. The van der Waals surface area contributed by atoms with E-state index in [1.165, 1.54) is 0 Å². The summed E-state index contributed by atoms with van der Waals surface area (Å²) in [6, 6.07) is 5.27. The van der Waals surface area contributed by atoms with Crippen LogP contribution in [0.4, 0.5) is 0 Å². The second kappa shape index (κ2) is 6.05. The fourth-order valence-corrected chi connectivity index (χ4v) is 4.51. The normalized spacial score (nSPS) is 21.6. The van der Waals surface area contributed by atoms with Gasteiger partial charge in [0.15, 0.2) is 11.6 Å². The van der Waals surface area contributed by atoms with Crippen molar-refractivity contribution in [3.05, 3.63) is 56.5 Å². The van der Waals surface area contributed by atoms with Crippen molar-refractivity contribution in [1.29, 1.82) is 0 Å². The third-order valence-electron chi connectivity index (χ3n) is 4.93. The van der Waals surface area contributed by atoms with Gasteiger partial charge in [-0.3, -0.25) is 9.59 Å². The molecule has 0 aromatic heterocycles. The van der Waals surface area contributed by atoms with Crippen molar-refractivity contribution in [3.63, 3.8) is 0 Å². The smallest absolute Gasteiger partial charge is 0.163 e. The first-order valence-electron chi connectivity index (χ1n) is 8.22. The molecule has 0 spiro atoms. The summed E-state index contributed by atoms with van der Waals surface area (Å²) in [6.45, 7) is 0. The van der Waals surface area contributed by atoms with Crippen LogP contribution in [0.5, 0.6) is 0 Å². The van der Waals surface area contributed by atoms with Crippen molar-refractivity contribution in [2.24, 2.45) is 0 Å². The summed E-state index contributed by atoms with van der Waals surface area (Å²) in [5, 5.41) is 0.953. The van der Waals surface area contributed by atoms with E-state index >= 15 is 0 Å². The summed E-state index contributed by atoms with van der Waals surface area (Å²) in [6.07, 6.45) is 3.92. The number of hydrogen-bond donors (Lipinski definition) is 0. The van der Waals surface area contributed by atoms with Crippen molar-refractivity contribution >= 4 is 34.8 Å². The average Bonchev–Trinajstić information content (AvgIpc) is 2.54. The van der Waals surface area contributed by atoms with Gasteiger partial charge in [-0.2, -0.15) is 0 Å². The van der Waals surface area contributed by atoms with E-state index in [0.29, 0.717) is 64.0 Å². The average molecular weight is 363 g/mol. The van der Waals surface area contributed by atoms with Crippen LogP contribution >= 0.6 is 23.2 Å². The highest BCUT2D eigenvalue weighted by molar-refractivity contribution is 6.36. The van der Waals surface area contributed by atoms with Crippen LogP contribution in [0, 0.1) is 0 Å². The van der Waals surface area contributed by atoms with Crippen molar-refractivity contribution in [1.82, 2.24) is 0 Å². The van der Waals surface area contributed by atoms with Gasteiger partial charge in [0.1, 0.15) is 11.5 Å². The Hall–Kier alpha value is -1.58. The van der Waals surface area contributed by atoms with E-state index in [1.807, 2.05) is 0 Å². The molecule has 4 rings (SSSR count). The molecule has 0 saturated carbocycles. The molecule has 2 aliphatic carbocycles. The molecule has 0 saturated heterocycles. The SMILES string of the molecule is O=C1CCCC2=C1C(c1c(Cl)cccc1Cl)C1=C(CCCC1=O)O2. The van der Waals surface area contributed by atoms with Gasteiger partial charge in [-0.05, 0) is 25.0 Å². The molecule has 0 amide bonds. The molecule has 0 N–H and O–H groups in total. The number of ether oxygens (including phenoxy) is 1. The molecule has 0 radical (unpaired) electrons. The van der Waals surface area contributed by atoms with Gasteiger partial charge in [-0.15, -0.1) is 0 Å². The van der Waals surface area contributed by atoms with Crippen LogP contribution in [0.1, 0.15) is 50.0 Å². The summed E-state index contributed by atoms with van der Waals surface area (Å²) in [5.74, 6) is 0.955. The number of ketones is 2. The molecule has 5 heteroatoms. The third-order valence-corrected chi connectivity index (χ3v) is 5.59. The zero-order valence-electron chi connectivity index (χ0n) is 13.0. The lowest BCUT2D eigenvalue weighted by atomic mass is 9.73. The summed E-state index contributed by atoms with van der Waals surface area (Å²) in [7, 11) is 0. The zero-order valence-corrected chi connectivity index (χ0v) is 14.5. The van der Waals surface area contributed by atoms with Crippen LogP contribution in [-0.4, -0.2) is 11.6 Å². The largest absolute Gasteiger partial charge is 0.465 e. The Morgan fingerprint density at radius 3 is 1.83 bits per heavy atom. The molecular formula is C19H16Cl2O3. The molecule has 1 heterocycles. The highest BCUT2D eigenvalue weighted by Crippen LogP contribution is 2.50. The minimum atomic E-state index is -0.495. The lowest BCUT2D eigenvalue weighted by Gasteiger charge is -2.36. The van der Waals surface area contributed by atoms with Gasteiger partial charge in [0, 0.05) is 52.4 Å². The van der Waals surface area contributed by atoms with Crippen LogP contribution < -0.4 is 0 Å². The lowest BCUT2D eigenvalue weighted by molar-refractivity contribution is -0.117. The van der Waals surface area contributed by atoms with Gasteiger partial charge in [-0.25, -0.2) is 0 Å². The molecule has 3 nitrogen and oxygen atoms in total. The van der Waals surface area contributed by atoms with E-state index in [4.69, 9.17) is 27.9 Å². The monoisotopic (exact) mass is 362 g/mol. The Labute approximate surface area is 150 Å². The van der Waals surface area contributed by atoms with E-state index in [2.05, 4.69) is 0 Å². The second-order valence-electron chi connectivity index (χ2n) is 6.40. The zero-order chi connectivity index (χ0) is 16.8. The Bertz CT molecular complexity index is 758. The minimum absolute atomic E-state index is 0.0298. The minimum Gasteiger partial charge on any atom is -0.465 e. The Kier molecular flexibility index (Phi) is 4.01. The van der Waals surface area contributed by atoms with E-state index in [9.17, 15) is 9.59 Å². The van der Waals surface area contributed by atoms with Crippen molar-refractivity contribution in [2.75, 3.05) is 0 Å². The van der Waals surface area contributed by atoms with Crippen LogP contribution in [0.15, 0.2) is 40.9 Å². The van der Waals surface area contributed by atoms with Gasteiger partial charge in [0.05, 0.1) is 5.92 Å². The molecule has 0 fully saturated rings. The number of carbonyl (C=O) groups excluding carboxylic acids is 2. The van der Waals surface area contributed by atoms with E-state index in [-0.39, 0.29) is 11.6 Å². The predicted molar refractivity (Wildman–Crippen MR) is 92.1 cm³/mol. The number of Topliss-reactive ketones (excluding diaryl/α,β-unsaturated/α-hetero) is 2. The van der Waals surface area contributed by atoms with E-state index < -0.39 is 5.92 Å². The fraction of sp³-hybridized carbons (Fsp3) is 0.368. The molecule has 0 unspecified atom stereocenters. The van der Waals surface area contributed by atoms with Crippen LogP contribution in [0.25, 0.3) is 0 Å². The standard InChI is InChI=1S/C19H16Cl2O3/c20-10-4-1-5-11(21)16(10)19-17-12(22)6-2-8-14(17)24-15-9-3-7-13(23)18(15)19/h1,4-5,19H,2-3,6-9H2. The van der Waals surface area contributed by atoms with Gasteiger partial charge in [0.2, 0.25) is 0 Å². The highest BCUT2D eigenvalue weighted by Gasteiger charge is 2.43. The Morgan fingerprint density at radius 2 is 1.33 bits per heavy atom. The molecule has 0 bridgehead atoms. The number of benzene rings is 1. The van der Waals surface area contributed by atoms with Crippen LogP contribution in [0.3, 0.4) is 0 Å². The Balaban J connectivity index is 1.98. The summed E-state index contributed by atoms with van der Waals surface area (Å²) in [4.78, 5) is 25.3. The van der Waals surface area contributed by atoms with Gasteiger partial charge >= 0.3 is 0 Å². The molecular weight excluding hydrogens is 347 g/mol. The molecule has 1 aliphatic heterocycles. The number of halogens is 2. The summed E-state index contributed by atoms with van der Waals surface area (Å²) in [5.41, 5.74) is 1.80. The van der Waals surface area contributed by atoms with Crippen LogP contribution in [-0.2, 0) is 14.3 Å². The molecule has 3 aliphatic rings. The molecule has 0 atom stereocenters. The van der Waals surface area contributed by atoms with Crippen molar-refractivity contribution in [2.45, 2.75) is 44.4 Å². The highest BCUT2D eigenvalue weighted by atomic mass is 35.5. The molecule has 124 valence electrons. The number of allylic oxidation sites excluding steroid dienone is 4. The van der Waals surface area contributed by atoms with E-state index in [0.717, 1.165) is 12.8 Å². The van der Waals surface area contributed by atoms with Gasteiger partial charge in [-0.1, -0.05) is 29.3 Å². The van der Waals surface area contributed by atoms with E-state index in [1.54, 1.807) is 18.2 Å². The predicted octanol–water partition coefficient (Wildman–Crippen LogP) is 5.12. The maximum atomic E-state index is 12.7. The molecule has 24 heavy (non-hydrogen) atoms. The number of hydrogen-bond acceptors (Lipinski definition) is 3. The second-order valence-corrected chi connectivity index (χ2v) is 7.21. The maximum Gasteiger partial charge on any atom is 0.163 e. The Morgan fingerprint density at radius 1 is 0.833 bits per heavy atom. The first kappa shape index (κ1) is 15.9. The van der Waals surface area contributed by atoms with Gasteiger partial charge in [0.25, 0.3) is 0 Å². The lowest BCUT2D eigenvalue weighted by Crippen LogP contribution is -2.30. The first-order valence-corrected chi connectivity index (χ1v) is 8.97. The van der Waals surface area contributed by atoms with Gasteiger partial charge < -0.3 is 4.74 Å². The summed E-state index contributed by atoms with van der Waals surface area (Å²) >= 11 is 12.9. The van der Waals surface area contributed by atoms with Crippen molar-refractivity contribution in [3.8, 4) is 0 Å². The van der Waals surface area contributed by atoms with Crippen LogP contribution in [0.2, 0.25) is 10.0 Å². The molecule has 1 aromatic carbocycles. The fourth-order valence-electron chi connectivity index (χ4n) is 3.89. The first-order chi connectivity index (χ1) is 11.6.